The molecule has 4 N–H and O–H groups in total. The van der Waals surface area contributed by atoms with Gasteiger partial charge in [-0.1, -0.05) is 44.2 Å². The van der Waals surface area contributed by atoms with Crippen LogP contribution in [0.2, 0.25) is 0 Å². The number of primary sulfonamides is 1. The van der Waals surface area contributed by atoms with Gasteiger partial charge in [0.1, 0.15) is 4.21 Å². The Bertz CT molecular complexity index is 827. The molecule has 0 saturated heterocycles. The molecule has 1 aromatic heterocycles. The highest BCUT2D eigenvalue weighted by atomic mass is 32.2. The minimum atomic E-state index is -3.64. The molecule has 0 radical (unpaired) electrons. The Kier molecular flexibility index (Phi) is 6.21. The highest BCUT2D eigenvalue weighted by Gasteiger charge is 2.20. The van der Waals surface area contributed by atoms with Crippen molar-refractivity contribution in [2.24, 2.45) is 10.1 Å². The lowest BCUT2D eigenvalue weighted by atomic mass is 9.85. The van der Waals surface area contributed by atoms with Crippen molar-refractivity contribution in [1.29, 1.82) is 0 Å². The number of hydrogen-bond donors (Lipinski definition) is 3. The largest absolute Gasteiger partial charge is 0.356 e. The molecule has 0 amide bonds. The summed E-state index contributed by atoms with van der Waals surface area (Å²) in [6.45, 7) is 5.52. The molecular formula is C17H24N4O2S2. The van der Waals surface area contributed by atoms with Gasteiger partial charge in [-0.3, -0.25) is 4.99 Å². The number of rotatable bonds is 6. The third-order valence-corrected chi connectivity index (χ3v) is 6.35. The molecule has 2 aromatic rings. The van der Waals surface area contributed by atoms with Crippen LogP contribution in [0.15, 0.2) is 51.7 Å². The van der Waals surface area contributed by atoms with Gasteiger partial charge in [0.05, 0.1) is 6.54 Å². The van der Waals surface area contributed by atoms with Crippen molar-refractivity contribution in [1.82, 2.24) is 10.6 Å². The summed E-state index contributed by atoms with van der Waals surface area (Å²) >= 11 is 1.15. The predicted octanol–water partition coefficient (Wildman–Crippen LogP) is 2.04. The van der Waals surface area contributed by atoms with E-state index in [0.29, 0.717) is 19.0 Å². The Morgan fingerprint density at radius 2 is 1.84 bits per heavy atom. The van der Waals surface area contributed by atoms with E-state index in [2.05, 4.69) is 41.6 Å². The van der Waals surface area contributed by atoms with Gasteiger partial charge in [-0.25, -0.2) is 13.6 Å². The number of aliphatic imine (C=N–C) groups is 1. The summed E-state index contributed by atoms with van der Waals surface area (Å²) in [6.07, 6.45) is 0. The van der Waals surface area contributed by atoms with Crippen molar-refractivity contribution in [2.45, 2.75) is 30.0 Å². The zero-order valence-electron chi connectivity index (χ0n) is 14.6. The van der Waals surface area contributed by atoms with Crippen LogP contribution in [0.3, 0.4) is 0 Å². The maximum absolute atomic E-state index is 11.3. The van der Waals surface area contributed by atoms with Crippen LogP contribution in [0.25, 0.3) is 0 Å². The zero-order chi connectivity index (χ0) is 18.5. The lowest BCUT2D eigenvalue weighted by molar-refractivity contribution is 0.508. The minimum absolute atomic E-state index is 0.0530. The van der Waals surface area contributed by atoms with E-state index in [1.807, 2.05) is 18.2 Å². The van der Waals surface area contributed by atoms with Crippen LogP contribution >= 0.6 is 11.3 Å². The van der Waals surface area contributed by atoms with Crippen molar-refractivity contribution in [3.8, 4) is 0 Å². The van der Waals surface area contributed by atoms with E-state index < -0.39 is 10.0 Å². The van der Waals surface area contributed by atoms with Crippen LogP contribution in [0.1, 0.15) is 24.3 Å². The van der Waals surface area contributed by atoms with E-state index >= 15 is 0 Å². The molecule has 0 aliphatic heterocycles. The van der Waals surface area contributed by atoms with Gasteiger partial charge >= 0.3 is 0 Å². The first-order valence-corrected chi connectivity index (χ1v) is 10.2. The molecule has 1 aromatic carbocycles. The molecule has 2 rings (SSSR count). The summed E-state index contributed by atoms with van der Waals surface area (Å²) < 4.78 is 22.8. The van der Waals surface area contributed by atoms with Gasteiger partial charge in [0.15, 0.2) is 5.96 Å². The molecule has 6 nitrogen and oxygen atoms in total. The maximum atomic E-state index is 11.3. The van der Waals surface area contributed by atoms with Crippen LogP contribution in [-0.4, -0.2) is 28.0 Å². The number of sulfonamides is 1. The fraction of sp³-hybridized carbons (Fsp3) is 0.353. The van der Waals surface area contributed by atoms with Gasteiger partial charge in [-0.05, 0) is 17.7 Å². The fourth-order valence-corrected chi connectivity index (χ4v) is 4.01. The maximum Gasteiger partial charge on any atom is 0.247 e. The van der Waals surface area contributed by atoms with Crippen LogP contribution < -0.4 is 15.8 Å². The Balaban J connectivity index is 1.92. The van der Waals surface area contributed by atoms with Crippen LogP contribution in [0.4, 0.5) is 0 Å². The Morgan fingerprint density at radius 1 is 1.16 bits per heavy atom. The van der Waals surface area contributed by atoms with Crippen molar-refractivity contribution in [2.75, 3.05) is 13.6 Å². The summed E-state index contributed by atoms with van der Waals surface area (Å²) in [7, 11) is -1.94. The van der Waals surface area contributed by atoms with Gasteiger partial charge in [0, 0.05) is 23.9 Å². The van der Waals surface area contributed by atoms with Crippen molar-refractivity contribution in [3.05, 3.63) is 52.9 Å². The molecule has 0 aliphatic rings. The molecule has 8 heteroatoms. The molecule has 0 atom stereocenters. The highest BCUT2D eigenvalue weighted by molar-refractivity contribution is 7.91. The van der Waals surface area contributed by atoms with Crippen LogP contribution in [0.5, 0.6) is 0 Å². The third-order valence-electron chi connectivity index (χ3n) is 3.82. The topological polar surface area (TPSA) is 96.6 Å². The zero-order valence-corrected chi connectivity index (χ0v) is 16.2. The van der Waals surface area contributed by atoms with E-state index in [9.17, 15) is 8.42 Å². The molecule has 0 bridgehead atoms. The molecule has 136 valence electrons. The first-order chi connectivity index (χ1) is 11.7. The number of benzene rings is 1. The van der Waals surface area contributed by atoms with E-state index in [0.717, 1.165) is 16.2 Å². The Morgan fingerprint density at radius 3 is 2.40 bits per heavy atom. The molecule has 1 heterocycles. The second kappa shape index (κ2) is 7.99. The first-order valence-electron chi connectivity index (χ1n) is 7.84. The van der Waals surface area contributed by atoms with Gasteiger partial charge in [-0.2, -0.15) is 0 Å². The molecule has 0 aliphatic carbocycles. The smallest absolute Gasteiger partial charge is 0.247 e. The quantitative estimate of drug-likeness (QED) is 0.528. The van der Waals surface area contributed by atoms with Gasteiger partial charge in [0.2, 0.25) is 10.0 Å². The lowest BCUT2D eigenvalue weighted by Gasteiger charge is -2.26. The van der Waals surface area contributed by atoms with E-state index in [-0.39, 0.29) is 9.62 Å². The third kappa shape index (κ3) is 5.55. The summed E-state index contributed by atoms with van der Waals surface area (Å²) in [4.78, 5) is 5.08. The number of nitrogens with one attached hydrogen (secondary N) is 2. The van der Waals surface area contributed by atoms with Gasteiger partial charge < -0.3 is 10.6 Å². The molecule has 25 heavy (non-hydrogen) atoms. The number of thiophene rings is 1. The number of nitrogens with zero attached hydrogens (tertiary/aromatic N) is 1. The number of hydrogen-bond acceptors (Lipinski definition) is 4. The molecule has 0 saturated carbocycles. The van der Waals surface area contributed by atoms with E-state index in [1.165, 1.54) is 11.6 Å². The Labute approximate surface area is 153 Å². The second-order valence-corrected chi connectivity index (χ2v) is 9.25. The fourth-order valence-electron chi connectivity index (χ4n) is 2.29. The van der Waals surface area contributed by atoms with Crippen LogP contribution in [-0.2, 0) is 22.0 Å². The second-order valence-electron chi connectivity index (χ2n) is 6.29. The highest BCUT2D eigenvalue weighted by Crippen LogP contribution is 2.22. The average molecular weight is 381 g/mol. The Hall–Kier alpha value is -1.90. The first kappa shape index (κ1) is 19.4. The SMILES string of the molecule is CN=C(NCc1ccc(S(N)(=O)=O)s1)NCC(C)(C)c1ccccc1. The predicted molar refractivity (Wildman–Crippen MR) is 103 cm³/mol. The van der Waals surface area contributed by atoms with E-state index in [4.69, 9.17) is 5.14 Å². The number of guanidine groups is 1. The molecule has 0 fully saturated rings. The van der Waals surface area contributed by atoms with Gasteiger partial charge in [-0.15, -0.1) is 11.3 Å². The summed E-state index contributed by atoms with van der Waals surface area (Å²) in [5.74, 6) is 0.662. The minimum Gasteiger partial charge on any atom is -0.356 e. The molecular weight excluding hydrogens is 356 g/mol. The van der Waals surface area contributed by atoms with Crippen molar-refractivity contribution in [3.63, 3.8) is 0 Å². The molecule has 0 spiro atoms. The standard InChI is InChI=1S/C17H24N4O2S2/c1-17(2,13-7-5-4-6-8-13)12-21-16(19-3)20-11-14-9-10-15(24-14)25(18,22)23/h4-10H,11-12H2,1-3H3,(H2,18,22,23)(H2,19,20,21). The monoisotopic (exact) mass is 380 g/mol. The lowest BCUT2D eigenvalue weighted by Crippen LogP contribution is -2.43. The molecule has 0 unspecified atom stereocenters. The van der Waals surface area contributed by atoms with Crippen molar-refractivity contribution < 1.29 is 8.42 Å². The average Bonchev–Trinajstić information content (AvgIpc) is 3.05. The van der Waals surface area contributed by atoms with E-state index in [1.54, 1.807) is 13.1 Å². The summed E-state index contributed by atoms with van der Waals surface area (Å²) in [6, 6.07) is 13.6. The van der Waals surface area contributed by atoms with Gasteiger partial charge in [0.25, 0.3) is 0 Å². The van der Waals surface area contributed by atoms with Crippen molar-refractivity contribution >= 4 is 27.3 Å². The summed E-state index contributed by atoms with van der Waals surface area (Å²) in [5.41, 5.74) is 1.19. The normalized spacial score (nSPS) is 12.9. The number of nitrogens with two attached hydrogens (primary N) is 1. The summed E-state index contributed by atoms with van der Waals surface area (Å²) in [5, 5.41) is 11.6. The van der Waals surface area contributed by atoms with Crippen LogP contribution in [0, 0.1) is 0 Å².